The first-order valence-electron chi connectivity index (χ1n) is 7.86. The molecule has 0 aromatic heterocycles. The number of hydrogen-bond donors (Lipinski definition) is 1. The number of rotatable bonds is 6. The van der Waals surface area contributed by atoms with Crippen molar-refractivity contribution in [2.24, 2.45) is 0 Å². The maximum absolute atomic E-state index is 13.1. The van der Waals surface area contributed by atoms with Crippen molar-refractivity contribution in [2.75, 3.05) is 42.9 Å². The first-order valence-corrected chi connectivity index (χ1v) is 7.86. The second kappa shape index (κ2) is 6.82. The Morgan fingerprint density at radius 3 is 2.54 bits per heavy atom. The molecule has 0 unspecified atom stereocenters. The fourth-order valence-corrected chi connectivity index (χ4v) is 2.92. The number of benzene rings is 1. The number of anilines is 2. The summed E-state index contributed by atoms with van der Waals surface area (Å²) in [7, 11) is 0. The summed E-state index contributed by atoms with van der Waals surface area (Å²) in [4.78, 5) is 37.9. The summed E-state index contributed by atoms with van der Waals surface area (Å²) < 4.78 is 13.1. The molecule has 1 aliphatic heterocycles. The van der Waals surface area contributed by atoms with Crippen molar-refractivity contribution in [2.45, 2.75) is 6.42 Å². The molecule has 1 heterocycles. The average molecular weight is 331 g/mol. The first kappa shape index (κ1) is 16.2. The van der Waals surface area contributed by atoms with Crippen molar-refractivity contribution in [3.05, 3.63) is 56.1 Å². The van der Waals surface area contributed by atoms with Crippen LogP contribution in [0.3, 0.4) is 0 Å². The van der Waals surface area contributed by atoms with Crippen LogP contribution in [0.15, 0.2) is 33.9 Å². The number of halogens is 1. The third-order valence-corrected chi connectivity index (χ3v) is 4.27. The summed E-state index contributed by atoms with van der Waals surface area (Å²) in [6.07, 6.45) is 1.34. The number of carbonyl (C=O) groups is 1. The van der Waals surface area contributed by atoms with E-state index in [0.717, 1.165) is 12.0 Å². The highest BCUT2D eigenvalue weighted by atomic mass is 19.1. The molecule has 3 rings (SSSR count). The summed E-state index contributed by atoms with van der Waals surface area (Å²) in [6.45, 7) is 2.57. The zero-order valence-electron chi connectivity index (χ0n) is 13.1. The van der Waals surface area contributed by atoms with Crippen LogP contribution >= 0.6 is 0 Å². The molecule has 0 saturated carbocycles. The van der Waals surface area contributed by atoms with E-state index in [9.17, 15) is 18.8 Å². The van der Waals surface area contributed by atoms with Crippen LogP contribution in [0.2, 0.25) is 0 Å². The van der Waals surface area contributed by atoms with Crippen molar-refractivity contribution in [1.82, 2.24) is 4.90 Å². The van der Waals surface area contributed by atoms with Crippen LogP contribution in [0.1, 0.15) is 5.56 Å². The molecule has 24 heavy (non-hydrogen) atoms. The second-order valence-electron chi connectivity index (χ2n) is 5.82. The van der Waals surface area contributed by atoms with Gasteiger partial charge < -0.3 is 15.1 Å². The molecule has 0 spiro atoms. The van der Waals surface area contributed by atoms with E-state index in [-0.39, 0.29) is 5.82 Å². The molecule has 1 fully saturated rings. The summed E-state index contributed by atoms with van der Waals surface area (Å²) >= 11 is 0. The van der Waals surface area contributed by atoms with Crippen LogP contribution in [0, 0.1) is 5.82 Å². The number of hydrogen-bond acceptors (Lipinski definition) is 5. The molecule has 1 N–H and O–H groups in total. The summed E-state index contributed by atoms with van der Waals surface area (Å²) in [6, 6.07) is 6.28. The van der Waals surface area contributed by atoms with Gasteiger partial charge in [-0.1, -0.05) is 12.1 Å². The van der Waals surface area contributed by atoms with Crippen molar-refractivity contribution >= 4 is 17.8 Å². The lowest BCUT2D eigenvalue weighted by Crippen LogP contribution is -2.51. The number of nitrogens with one attached hydrogen (secondary N) is 1. The van der Waals surface area contributed by atoms with Crippen LogP contribution in [0.25, 0.3) is 0 Å². The molecule has 0 bridgehead atoms. The molecule has 0 atom stereocenters. The van der Waals surface area contributed by atoms with Crippen LogP contribution in [0.5, 0.6) is 0 Å². The third kappa shape index (κ3) is 3.15. The Balaban J connectivity index is 1.63. The van der Waals surface area contributed by atoms with E-state index in [4.69, 9.17) is 0 Å². The van der Waals surface area contributed by atoms with Gasteiger partial charge in [0.15, 0.2) is 0 Å². The Bertz CT molecular complexity index is 806. The van der Waals surface area contributed by atoms with E-state index in [1.165, 1.54) is 12.1 Å². The normalized spacial score (nSPS) is 14.9. The minimum atomic E-state index is -0.512. The SMILES string of the molecule is O=CN1CCN(c2c(NCCc3cccc(F)c3)c(=O)c2=O)CC1. The predicted molar refractivity (Wildman–Crippen MR) is 89.8 cm³/mol. The van der Waals surface area contributed by atoms with Gasteiger partial charge in [0.25, 0.3) is 10.9 Å². The minimum Gasteiger partial charge on any atom is -0.380 e. The molecule has 6 nitrogen and oxygen atoms in total. The monoisotopic (exact) mass is 331 g/mol. The largest absolute Gasteiger partial charge is 0.380 e. The van der Waals surface area contributed by atoms with E-state index in [1.54, 1.807) is 11.0 Å². The molecule has 7 heteroatoms. The van der Waals surface area contributed by atoms with E-state index in [0.29, 0.717) is 50.5 Å². The number of nitrogens with zero attached hydrogens (tertiary/aromatic N) is 2. The fraction of sp³-hybridized carbons (Fsp3) is 0.353. The Labute approximate surface area is 138 Å². The number of piperazine rings is 1. The van der Waals surface area contributed by atoms with Gasteiger partial charge in [0.1, 0.15) is 17.2 Å². The van der Waals surface area contributed by atoms with Gasteiger partial charge in [-0.25, -0.2) is 4.39 Å². The van der Waals surface area contributed by atoms with Crippen LogP contribution in [-0.2, 0) is 11.2 Å². The van der Waals surface area contributed by atoms with E-state index in [1.807, 2.05) is 11.0 Å². The Kier molecular flexibility index (Phi) is 4.59. The summed E-state index contributed by atoms with van der Waals surface area (Å²) in [5, 5.41) is 3.00. The van der Waals surface area contributed by atoms with Gasteiger partial charge in [-0.15, -0.1) is 0 Å². The Hall–Kier alpha value is -2.70. The number of carbonyl (C=O) groups excluding carboxylic acids is 1. The zero-order valence-corrected chi connectivity index (χ0v) is 13.1. The molecule has 2 aromatic carbocycles. The standard InChI is InChI=1S/C17H18FN3O3/c18-13-3-1-2-12(10-13)4-5-19-14-15(17(24)16(14)23)21-8-6-20(11-22)7-9-21/h1-3,10-11,19H,4-9H2. The molecule has 1 aliphatic rings. The molecule has 126 valence electrons. The molecular formula is C17H18FN3O3. The topological polar surface area (TPSA) is 69.7 Å². The lowest BCUT2D eigenvalue weighted by Gasteiger charge is -2.35. The smallest absolute Gasteiger partial charge is 0.253 e. The summed E-state index contributed by atoms with van der Waals surface area (Å²) in [5.41, 5.74) is 0.563. The Morgan fingerprint density at radius 1 is 1.12 bits per heavy atom. The van der Waals surface area contributed by atoms with Crippen LogP contribution in [-0.4, -0.2) is 44.0 Å². The molecule has 0 aliphatic carbocycles. The quantitative estimate of drug-likeness (QED) is 0.611. The highest BCUT2D eigenvalue weighted by Gasteiger charge is 2.27. The maximum Gasteiger partial charge on any atom is 0.253 e. The van der Waals surface area contributed by atoms with Gasteiger partial charge in [-0.2, -0.15) is 0 Å². The summed E-state index contributed by atoms with van der Waals surface area (Å²) in [5.74, 6) is -0.296. The lowest BCUT2D eigenvalue weighted by molar-refractivity contribution is -0.118. The van der Waals surface area contributed by atoms with Gasteiger partial charge in [0.2, 0.25) is 6.41 Å². The fourth-order valence-electron chi connectivity index (χ4n) is 2.92. The van der Waals surface area contributed by atoms with Crippen LogP contribution < -0.4 is 21.1 Å². The van der Waals surface area contributed by atoms with Gasteiger partial charge in [-0.3, -0.25) is 14.4 Å². The van der Waals surface area contributed by atoms with Crippen molar-refractivity contribution in [3.8, 4) is 0 Å². The van der Waals surface area contributed by atoms with Crippen molar-refractivity contribution in [3.63, 3.8) is 0 Å². The van der Waals surface area contributed by atoms with Crippen molar-refractivity contribution < 1.29 is 9.18 Å². The first-order chi connectivity index (χ1) is 11.6. The zero-order chi connectivity index (χ0) is 17.1. The molecule has 1 saturated heterocycles. The van der Waals surface area contributed by atoms with E-state index in [2.05, 4.69) is 5.32 Å². The molecule has 0 radical (unpaired) electrons. The van der Waals surface area contributed by atoms with Gasteiger partial charge in [0, 0.05) is 32.7 Å². The minimum absolute atomic E-state index is 0.296. The third-order valence-electron chi connectivity index (χ3n) is 4.27. The van der Waals surface area contributed by atoms with E-state index < -0.39 is 10.9 Å². The lowest BCUT2D eigenvalue weighted by atomic mass is 10.1. The predicted octanol–water partition coefficient (Wildman–Crippen LogP) is 0.355. The highest BCUT2D eigenvalue weighted by molar-refractivity contribution is 5.75. The van der Waals surface area contributed by atoms with Crippen LogP contribution in [0.4, 0.5) is 15.8 Å². The Morgan fingerprint density at radius 2 is 1.88 bits per heavy atom. The van der Waals surface area contributed by atoms with Gasteiger partial charge >= 0.3 is 0 Å². The van der Waals surface area contributed by atoms with Gasteiger partial charge in [-0.05, 0) is 24.1 Å². The highest BCUT2D eigenvalue weighted by Crippen LogP contribution is 2.21. The molecular weight excluding hydrogens is 313 g/mol. The maximum atomic E-state index is 13.1. The van der Waals surface area contributed by atoms with Gasteiger partial charge in [0.05, 0.1) is 0 Å². The molecule has 2 aromatic rings. The number of amides is 1. The molecule has 1 amide bonds. The second-order valence-corrected chi connectivity index (χ2v) is 5.82. The average Bonchev–Trinajstić information content (AvgIpc) is 2.61. The van der Waals surface area contributed by atoms with Crippen molar-refractivity contribution in [1.29, 1.82) is 0 Å². The van der Waals surface area contributed by atoms with E-state index >= 15 is 0 Å².